The van der Waals surface area contributed by atoms with Crippen molar-refractivity contribution in [1.29, 1.82) is 0 Å². The Hall–Kier alpha value is -2.16. The maximum atomic E-state index is 14.7. The summed E-state index contributed by atoms with van der Waals surface area (Å²) in [5, 5.41) is 0. The van der Waals surface area contributed by atoms with Gasteiger partial charge in [0.2, 0.25) is 0 Å². The van der Waals surface area contributed by atoms with Crippen LogP contribution >= 0.6 is 0 Å². The number of carbonyl (C=O) groups excluding carboxylic acids is 1. The molecule has 0 aliphatic carbocycles. The standard InChI is InChI=1S/C35H53FO2/c1-4-6-7-8-9-10-11-14-17-20-34(37)31-23-21-30(22-24-31)32-25-26-35(33(36)28-32)38-27-18-15-12-13-16-19-29(3)5-2/h21-26,28-29H,4-20,27H2,1-3H3. The van der Waals surface area contributed by atoms with Crippen LogP contribution in [0.25, 0.3) is 11.1 Å². The second-order valence-electron chi connectivity index (χ2n) is 11.1. The van der Waals surface area contributed by atoms with Crippen LogP contribution in [0.15, 0.2) is 42.5 Å². The second-order valence-corrected chi connectivity index (χ2v) is 11.1. The van der Waals surface area contributed by atoms with Gasteiger partial charge >= 0.3 is 0 Å². The lowest BCUT2D eigenvalue weighted by atomic mass is 9.99. The normalized spacial score (nSPS) is 12.0. The quantitative estimate of drug-likeness (QED) is 0.113. The molecule has 0 aliphatic rings. The predicted octanol–water partition coefficient (Wildman–Crippen LogP) is 11.4. The molecule has 0 radical (unpaired) electrons. The Morgan fingerprint density at radius 2 is 1.32 bits per heavy atom. The molecule has 2 nitrogen and oxygen atoms in total. The lowest BCUT2D eigenvalue weighted by Gasteiger charge is -2.10. The minimum atomic E-state index is -0.332. The summed E-state index contributed by atoms with van der Waals surface area (Å²) in [6.45, 7) is 7.38. The fourth-order valence-corrected chi connectivity index (χ4v) is 4.90. The molecule has 0 fully saturated rings. The molecule has 0 saturated carbocycles. The first-order valence-electron chi connectivity index (χ1n) is 15.6. The van der Waals surface area contributed by atoms with Crippen LogP contribution in [0.4, 0.5) is 4.39 Å². The van der Waals surface area contributed by atoms with Crippen molar-refractivity contribution in [1.82, 2.24) is 0 Å². The second kappa shape index (κ2) is 19.8. The molecule has 3 heteroatoms. The molecule has 1 atom stereocenters. The van der Waals surface area contributed by atoms with Crippen molar-refractivity contribution in [3.05, 3.63) is 53.8 Å². The average molecular weight is 525 g/mol. The van der Waals surface area contributed by atoms with E-state index in [1.54, 1.807) is 6.07 Å². The predicted molar refractivity (Wildman–Crippen MR) is 161 cm³/mol. The molecule has 2 aromatic rings. The molecule has 2 aromatic carbocycles. The number of ether oxygens (including phenoxy) is 1. The zero-order valence-corrected chi connectivity index (χ0v) is 24.5. The lowest BCUT2D eigenvalue weighted by Crippen LogP contribution is -2.00. The van der Waals surface area contributed by atoms with Gasteiger partial charge in [0.15, 0.2) is 17.3 Å². The Morgan fingerprint density at radius 1 is 0.737 bits per heavy atom. The number of ketones is 1. The van der Waals surface area contributed by atoms with Crippen LogP contribution in [0.2, 0.25) is 0 Å². The highest BCUT2D eigenvalue weighted by Crippen LogP contribution is 2.27. The largest absolute Gasteiger partial charge is 0.491 e. The SMILES string of the molecule is CCCCCCCCCCCC(=O)c1ccc(-c2ccc(OCCCCCCCC(C)CC)c(F)c2)cc1. The Bertz CT molecular complexity index is 889. The van der Waals surface area contributed by atoms with E-state index >= 15 is 0 Å². The molecule has 0 spiro atoms. The fourth-order valence-electron chi connectivity index (χ4n) is 4.90. The summed E-state index contributed by atoms with van der Waals surface area (Å²) in [6, 6.07) is 12.7. The Kier molecular flexibility index (Phi) is 16.7. The Labute approximate surface area is 232 Å². The molecule has 0 N–H and O–H groups in total. The molecular weight excluding hydrogens is 471 g/mol. The molecule has 0 amide bonds. The van der Waals surface area contributed by atoms with E-state index in [0.29, 0.717) is 18.8 Å². The van der Waals surface area contributed by atoms with E-state index in [2.05, 4.69) is 20.8 Å². The van der Waals surface area contributed by atoms with Gasteiger partial charge in [0.25, 0.3) is 0 Å². The van der Waals surface area contributed by atoms with Crippen LogP contribution in [0, 0.1) is 11.7 Å². The van der Waals surface area contributed by atoms with E-state index in [1.165, 1.54) is 83.1 Å². The summed E-state index contributed by atoms with van der Waals surface area (Å²) in [5.41, 5.74) is 2.45. The summed E-state index contributed by atoms with van der Waals surface area (Å²) >= 11 is 0. The molecule has 2 rings (SSSR count). The van der Waals surface area contributed by atoms with Gasteiger partial charge in [0, 0.05) is 12.0 Å². The Morgan fingerprint density at radius 3 is 1.95 bits per heavy atom. The van der Waals surface area contributed by atoms with E-state index in [0.717, 1.165) is 48.3 Å². The van der Waals surface area contributed by atoms with Gasteiger partial charge in [-0.25, -0.2) is 4.39 Å². The van der Waals surface area contributed by atoms with E-state index in [4.69, 9.17) is 4.74 Å². The number of carbonyl (C=O) groups is 1. The van der Waals surface area contributed by atoms with Gasteiger partial charge in [-0.05, 0) is 42.0 Å². The first kappa shape index (κ1) is 32.1. The highest BCUT2D eigenvalue weighted by atomic mass is 19.1. The number of halogens is 1. The molecule has 1 unspecified atom stereocenters. The molecule has 0 saturated heterocycles. The van der Waals surface area contributed by atoms with Gasteiger partial charge < -0.3 is 4.74 Å². The molecular formula is C35H53FO2. The highest BCUT2D eigenvalue weighted by molar-refractivity contribution is 5.96. The monoisotopic (exact) mass is 524 g/mol. The van der Waals surface area contributed by atoms with Gasteiger partial charge in [0.05, 0.1) is 6.61 Å². The number of Topliss-reactive ketones (excluding diaryl/α,β-unsaturated/α-hetero) is 1. The summed E-state index contributed by atoms with van der Waals surface area (Å²) < 4.78 is 20.4. The summed E-state index contributed by atoms with van der Waals surface area (Å²) in [6.07, 6.45) is 20.3. The number of unbranched alkanes of at least 4 members (excludes halogenated alkanes) is 12. The Balaban J connectivity index is 1.66. The van der Waals surface area contributed by atoms with Crippen molar-refractivity contribution in [2.75, 3.05) is 6.61 Å². The fraction of sp³-hybridized carbons (Fsp3) is 0.629. The van der Waals surface area contributed by atoms with Gasteiger partial charge in [-0.2, -0.15) is 0 Å². The van der Waals surface area contributed by atoms with E-state index in [1.807, 2.05) is 30.3 Å². The smallest absolute Gasteiger partial charge is 0.165 e. The summed E-state index contributed by atoms with van der Waals surface area (Å²) in [4.78, 5) is 12.6. The molecule has 0 heterocycles. The van der Waals surface area contributed by atoms with Crippen molar-refractivity contribution < 1.29 is 13.9 Å². The number of hydrogen-bond donors (Lipinski definition) is 0. The molecule has 38 heavy (non-hydrogen) atoms. The first-order valence-corrected chi connectivity index (χ1v) is 15.6. The molecule has 212 valence electrons. The van der Waals surface area contributed by atoms with Crippen LogP contribution in [0.5, 0.6) is 5.75 Å². The van der Waals surface area contributed by atoms with Crippen LogP contribution in [0.3, 0.4) is 0 Å². The van der Waals surface area contributed by atoms with Crippen molar-refractivity contribution in [3.8, 4) is 16.9 Å². The van der Waals surface area contributed by atoms with Crippen molar-refractivity contribution in [3.63, 3.8) is 0 Å². The minimum Gasteiger partial charge on any atom is -0.491 e. The van der Waals surface area contributed by atoms with Gasteiger partial charge in [-0.15, -0.1) is 0 Å². The zero-order chi connectivity index (χ0) is 27.4. The van der Waals surface area contributed by atoms with Crippen LogP contribution in [0.1, 0.15) is 140 Å². The number of hydrogen-bond acceptors (Lipinski definition) is 2. The van der Waals surface area contributed by atoms with E-state index < -0.39 is 0 Å². The van der Waals surface area contributed by atoms with E-state index in [-0.39, 0.29) is 11.6 Å². The third-order valence-electron chi connectivity index (χ3n) is 7.78. The van der Waals surface area contributed by atoms with Crippen molar-refractivity contribution in [2.45, 2.75) is 130 Å². The van der Waals surface area contributed by atoms with Crippen molar-refractivity contribution >= 4 is 5.78 Å². The maximum absolute atomic E-state index is 14.7. The topological polar surface area (TPSA) is 26.3 Å². The van der Waals surface area contributed by atoms with Crippen LogP contribution in [-0.4, -0.2) is 12.4 Å². The van der Waals surface area contributed by atoms with Gasteiger partial charge in [0.1, 0.15) is 0 Å². The zero-order valence-electron chi connectivity index (χ0n) is 24.5. The summed E-state index contributed by atoms with van der Waals surface area (Å²) in [7, 11) is 0. The van der Waals surface area contributed by atoms with Gasteiger partial charge in [-0.1, -0.05) is 141 Å². The number of rotatable bonds is 22. The van der Waals surface area contributed by atoms with Crippen molar-refractivity contribution in [2.24, 2.45) is 5.92 Å². The first-order chi connectivity index (χ1) is 18.5. The molecule has 0 aromatic heterocycles. The third-order valence-corrected chi connectivity index (χ3v) is 7.78. The lowest BCUT2D eigenvalue weighted by molar-refractivity contribution is 0.0979. The maximum Gasteiger partial charge on any atom is 0.165 e. The average Bonchev–Trinajstić information content (AvgIpc) is 2.94. The van der Waals surface area contributed by atoms with E-state index in [9.17, 15) is 9.18 Å². The van der Waals surface area contributed by atoms with Gasteiger partial charge in [-0.3, -0.25) is 4.79 Å². The van der Waals surface area contributed by atoms with Crippen LogP contribution < -0.4 is 4.74 Å². The minimum absolute atomic E-state index is 0.199. The molecule has 0 aliphatic heterocycles. The number of benzene rings is 2. The highest BCUT2D eigenvalue weighted by Gasteiger charge is 2.09. The third kappa shape index (κ3) is 13.1. The molecule has 0 bridgehead atoms. The summed E-state index contributed by atoms with van der Waals surface area (Å²) in [5.74, 6) is 1.02. The van der Waals surface area contributed by atoms with Crippen LogP contribution in [-0.2, 0) is 0 Å².